The van der Waals surface area contributed by atoms with Crippen molar-refractivity contribution in [3.8, 4) is 0 Å². The minimum Gasteiger partial charge on any atom is -0.347 e. The molecule has 0 aliphatic rings. The molecule has 0 radical (unpaired) electrons. The molecule has 1 aromatic heterocycles. The molecule has 0 saturated heterocycles. The highest BCUT2D eigenvalue weighted by Gasteiger charge is 2.40. The van der Waals surface area contributed by atoms with Gasteiger partial charge in [-0.15, -0.1) is 5.10 Å². The largest absolute Gasteiger partial charge is 0.347 e. The molecule has 1 unspecified atom stereocenters. The molecule has 1 aromatic carbocycles. The molecule has 0 bridgehead atoms. The number of ether oxygens (including phenoxy) is 2. The second-order valence-corrected chi connectivity index (χ2v) is 6.49. The van der Waals surface area contributed by atoms with Crippen LogP contribution in [-0.2, 0) is 9.47 Å². The van der Waals surface area contributed by atoms with Crippen molar-refractivity contribution in [2.75, 3.05) is 13.2 Å². The predicted molar refractivity (Wildman–Crippen MR) is 100 cm³/mol. The maximum atomic E-state index is 6.62. The Kier molecular flexibility index (Phi) is 7.35. The van der Waals surface area contributed by atoms with Gasteiger partial charge >= 0.3 is 0 Å². The Labute approximate surface area is 150 Å². The number of hydrogen-bond donors (Lipinski definition) is 1. The van der Waals surface area contributed by atoms with Gasteiger partial charge in [0.1, 0.15) is 5.52 Å². The highest BCUT2D eigenvalue weighted by atomic mass is 16.7. The number of rotatable bonds is 11. The Bertz CT molecular complexity index is 646. The fourth-order valence-corrected chi connectivity index (χ4v) is 2.90. The average molecular weight is 348 g/mol. The summed E-state index contributed by atoms with van der Waals surface area (Å²) in [5.74, 6) is -0.894. The maximum Gasteiger partial charge on any atom is 0.204 e. The van der Waals surface area contributed by atoms with E-state index in [4.69, 9.17) is 15.2 Å². The lowest BCUT2D eigenvalue weighted by molar-refractivity contribution is -0.265. The van der Waals surface area contributed by atoms with Crippen molar-refractivity contribution in [1.29, 1.82) is 0 Å². The zero-order valence-electron chi connectivity index (χ0n) is 16.0. The van der Waals surface area contributed by atoms with Gasteiger partial charge < -0.3 is 15.2 Å². The molecule has 1 atom stereocenters. The van der Waals surface area contributed by atoms with Crippen molar-refractivity contribution < 1.29 is 9.47 Å². The third-order valence-corrected chi connectivity index (χ3v) is 4.60. The van der Waals surface area contributed by atoms with Crippen molar-refractivity contribution in [1.82, 2.24) is 15.0 Å². The highest BCUT2D eigenvalue weighted by Crippen LogP contribution is 2.31. The fraction of sp³-hybridized carbons (Fsp3) is 0.684. The Morgan fingerprint density at radius 3 is 2.32 bits per heavy atom. The Balaban J connectivity index is 2.34. The summed E-state index contributed by atoms with van der Waals surface area (Å²) in [7, 11) is 0. The number of hydrogen-bond acceptors (Lipinski definition) is 5. The zero-order chi connectivity index (χ0) is 18.3. The van der Waals surface area contributed by atoms with Gasteiger partial charge in [-0.2, -0.15) is 0 Å². The van der Waals surface area contributed by atoms with Crippen molar-refractivity contribution in [2.45, 2.75) is 71.8 Å². The number of aromatic nitrogens is 3. The van der Waals surface area contributed by atoms with E-state index in [1.54, 1.807) is 4.68 Å². The summed E-state index contributed by atoms with van der Waals surface area (Å²) in [4.78, 5) is 0. The van der Waals surface area contributed by atoms with E-state index in [9.17, 15) is 0 Å². The van der Waals surface area contributed by atoms with Crippen LogP contribution in [0, 0.1) is 6.92 Å². The second kappa shape index (κ2) is 9.27. The molecule has 2 rings (SSSR count). The molecule has 0 aliphatic heterocycles. The van der Waals surface area contributed by atoms with Crippen LogP contribution < -0.4 is 5.73 Å². The molecule has 140 valence electrons. The molecule has 0 spiro atoms. The smallest absolute Gasteiger partial charge is 0.204 e. The summed E-state index contributed by atoms with van der Waals surface area (Å²) >= 11 is 0. The van der Waals surface area contributed by atoms with Gasteiger partial charge in [-0.3, -0.25) is 0 Å². The molecule has 2 aromatic rings. The van der Waals surface area contributed by atoms with Gasteiger partial charge in [0, 0.05) is 6.42 Å². The van der Waals surface area contributed by atoms with E-state index in [1.165, 1.54) is 0 Å². The monoisotopic (exact) mass is 348 g/mol. The van der Waals surface area contributed by atoms with Gasteiger partial charge in [0.15, 0.2) is 6.17 Å². The van der Waals surface area contributed by atoms with Gasteiger partial charge in [0.2, 0.25) is 5.79 Å². The SMILES string of the molecule is CCCCOC(CC)(OCCCC)C(N)n1nnc2c(C)cccc21. The molecule has 0 amide bonds. The lowest BCUT2D eigenvalue weighted by atomic mass is 10.1. The topological polar surface area (TPSA) is 75.2 Å². The number of unbranched alkanes of at least 4 members (excludes halogenated alkanes) is 2. The predicted octanol–water partition coefficient (Wildman–Crippen LogP) is 3.94. The fourth-order valence-electron chi connectivity index (χ4n) is 2.90. The van der Waals surface area contributed by atoms with Crippen molar-refractivity contribution in [2.24, 2.45) is 5.73 Å². The molecular formula is C19H32N4O2. The van der Waals surface area contributed by atoms with E-state index in [2.05, 4.69) is 24.2 Å². The molecule has 0 saturated carbocycles. The summed E-state index contributed by atoms with van der Waals surface area (Å²) in [5.41, 5.74) is 9.47. The third kappa shape index (κ3) is 4.37. The normalized spacial score (nSPS) is 13.5. The average Bonchev–Trinajstić information content (AvgIpc) is 3.05. The van der Waals surface area contributed by atoms with Crippen LogP contribution in [0.15, 0.2) is 18.2 Å². The zero-order valence-corrected chi connectivity index (χ0v) is 16.0. The number of nitrogens with zero attached hydrogens (tertiary/aromatic N) is 3. The molecule has 25 heavy (non-hydrogen) atoms. The van der Waals surface area contributed by atoms with Crippen molar-refractivity contribution in [3.05, 3.63) is 23.8 Å². The van der Waals surface area contributed by atoms with Crippen LogP contribution in [0.2, 0.25) is 0 Å². The number of aryl methyl sites for hydroxylation is 1. The lowest BCUT2D eigenvalue weighted by Crippen LogP contribution is -2.49. The molecule has 6 nitrogen and oxygen atoms in total. The Hall–Kier alpha value is -1.50. The first kappa shape index (κ1) is 19.8. The second-order valence-electron chi connectivity index (χ2n) is 6.49. The van der Waals surface area contributed by atoms with Gasteiger partial charge in [-0.25, -0.2) is 4.68 Å². The molecule has 1 heterocycles. The number of fused-ring (bicyclic) bond motifs is 1. The van der Waals surface area contributed by atoms with E-state index in [-0.39, 0.29) is 0 Å². The van der Waals surface area contributed by atoms with Crippen molar-refractivity contribution in [3.63, 3.8) is 0 Å². The standard InChI is InChI=1S/C19H32N4O2/c1-5-8-13-24-19(7-3,25-14-9-6-2)18(20)23-16-12-10-11-15(4)17(16)21-22-23/h10-12,18H,5-9,13-14,20H2,1-4H3. The first-order valence-electron chi connectivity index (χ1n) is 9.43. The van der Waals surface area contributed by atoms with Crippen LogP contribution in [0.3, 0.4) is 0 Å². The van der Waals surface area contributed by atoms with E-state index < -0.39 is 12.0 Å². The number of nitrogens with two attached hydrogens (primary N) is 1. The summed E-state index contributed by atoms with van der Waals surface area (Å²) in [5, 5.41) is 8.61. The van der Waals surface area contributed by atoms with Gasteiger partial charge in [0.25, 0.3) is 0 Å². The highest BCUT2D eigenvalue weighted by molar-refractivity contribution is 5.77. The first-order chi connectivity index (χ1) is 12.1. The lowest BCUT2D eigenvalue weighted by Gasteiger charge is -2.37. The maximum absolute atomic E-state index is 6.62. The molecule has 0 fully saturated rings. The van der Waals surface area contributed by atoms with Gasteiger partial charge in [-0.1, -0.05) is 51.0 Å². The Morgan fingerprint density at radius 2 is 1.76 bits per heavy atom. The van der Waals surface area contributed by atoms with Crippen molar-refractivity contribution >= 4 is 11.0 Å². The molecule has 6 heteroatoms. The molecule has 2 N–H and O–H groups in total. The van der Waals surface area contributed by atoms with Gasteiger partial charge in [-0.05, 0) is 31.4 Å². The van der Waals surface area contributed by atoms with Crippen LogP contribution in [-0.4, -0.2) is 34.0 Å². The third-order valence-electron chi connectivity index (χ3n) is 4.60. The van der Waals surface area contributed by atoms with Crippen LogP contribution in [0.25, 0.3) is 11.0 Å². The summed E-state index contributed by atoms with van der Waals surface area (Å²) in [6, 6.07) is 6.00. The van der Waals surface area contributed by atoms with E-state index in [0.29, 0.717) is 19.6 Å². The van der Waals surface area contributed by atoms with E-state index in [1.807, 2.05) is 32.0 Å². The van der Waals surface area contributed by atoms with E-state index >= 15 is 0 Å². The molecule has 0 aliphatic carbocycles. The van der Waals surface area contributed by atoms with Crippen LogP contribution in [0.4, 0.5) is 0 Å². The summed E-state index contributed by atoms with van der Waals surface area (Å²) in [6.07, 6.45) is 4.17. The minimum atomic E-state index is -0.894. The van der Waals surface area contributed by atoms with Crippen LogP contribution in [0.1, 0.15) is 64.6 Å². The summed E-state index contributed by atoms with van der Waals surface area (Å²) in [6.45, 7) is 9.59. The molecular weight excluding hydrogens is 316 g/mol. The van der Waals surface area contributed by atoms with E-state index in [0.717, 1.165) is 42.3 Å². The minimum absolute atomic E-state index is 0.557. The first-order valence-corrected chi connectivity index (χ1v) is 9.43. The Morgan fingerprint density at radius 1 is 1.12 bits per heavy atom. The quantitative estimate of drug-likeness (QED) is 0.492. The van der Waals surface area contributed by atoms with Crippen LogP contribution in [0.5, 0.6) is 0 Å². The summed E-state index contributed by atoms with van der Waals surface area (Å²) < 4.78 is 14.1. The van der Waals surface area contributed by atoms with Crippen LogP contribution >= 0.6 is 0 Å². The van der Waals surface area contributed by atoms with Gasteiger partial charge in [0.05, 0.1) is 18.7 Å². The number of benzene rings is 1.